The number of hydrogen-bond donors (Lipinski definition) is 1. The Balaban J connectivity index is 2.31. The lowest BCUT2D eigenvalue weighted by Gasteiger charge is -2.21. The van der Waals surface area contributed by atoms with Gasteiger partial charge >= 0.3 is 0 Å². The molecule has 3 nitrogen and oxygen atoms in total. The fourth-order valence-electron chi connectivity index (χ4n) is 1.80. The molecule has 0 aliphatic carbocycles. The van der Waals surface area contributed by atoms with E-state index in [1.54, 1.807) is 0 Å². The first kappa shape index (κ1) is 12.7. The van der Waals surface area contributed by atoms with Gasteiger partial charge < -0.3 is 14.8 Å². The largest absolute Gasteiger partial charge is 0.350 e. The van der Waals surface area contributed by atoms with Crippen LogP contribution < -0.4 is 5.32 Å². The first-order chi connectivity index (χ1) is 7.26. The van der Waals surface area contributed by atoms with Crippen LogP contribution in [0.15, 0.2) is 12.2 Å². The lowest BCUT2D eigenvalue weighted by Crippen LogP contribution is -2.33. The zero-order chi connectivity index (χ0) is 11.1. The van der Waals surface area contributed by atoms with Crippen LogP contribution in [-0.4, -0.2) is 32.1 Å². The van der Waals surface area contributed by atoms with Crippen molar-refractivity contribution < 1.29 is 9.47 Å². The van der Waals surface area contributed by atoms with Crippen molar-refractivity contribution >= 4 is 0 Å². The van der Waals surface area contributed by atoms with E-state index in [1.807, 2.05) is 0 Å². The van der Waals surface area contributed by atoms with E-state index >= 15 is 0 Å². The van der Waals surface area contributed by atoms with Gasteiger partial charge in [-0.3, -0.25) is 0 Å². The summed E-state index contributed by atoms with van der Waals surface area (Å²) in [5.41, 5.74) is 1.29. The molecule has 0 aromatic heterocycles. The highest BCUT2D eigenvalue weighted by Crippen LogP contribution is 2.16. The Morgan fingerprint density at radius 2 is 2.07 bits per heavy atom. The summed E-state index contributed by atoms with van der Waals surface area (Å²) in [6, 6.07) is 0.436. The van der Waals surface area contributed by atoms with Crippen LogP contribution in [-0.2, 0) is 9.47 Å². The average molecular weight is 213 g/mol. The van der Waals surface area contributed by atoms with E-state index < -0.39 is 0 Å². The van der Waals surface area contributed by atoms with Crippen LogP contribution in [0.2, 0.25) is 0 Å². The summed E-state index contributed by atoms with van der Waals surface area (Å²) in [5, 5.41) is 3.45. The highest BCUT2D eigenvalue weighted by atomic mass is 16.7. The maximum atomic E-state index is 5.45. The molecule has 0 radical (unpaired) electrons. The van der Waals surface area contributed by atoms with Gasteiger partial charge in [0.25, 0.3) is 0 Å². The molecule has 1 aliphatic heterocycles. The minimum atomic E-state index is -0.0151. The van der Waals surface area contributed by atoms with Gasteiger partial charge in [0.15, 0.2) is 6.29 Å². The number of hydrogen-bond acceptors (Lipinski definition) is 3. The maximum Gasteiger partial charge on any atom is 0.159 e. The third kappa shape index (κ3) is 4.78. The van der Waals surface area contributed by atoms with Gasteiger partial charge in [-0.1, -0.05) is 26.0 Å². The van der Waals surface area contributed by atoms with Crippen molar-refractivity contribution in [2.75, 3.05) is 19.8 Å². The fraction of sp³-hybridized carbons (Fsp3) is 0.833. The second-order valence-corrected chi connectivity index (χ2v) is 3.97. The summed E-state index contributed by atoms with van der Waals surface area (Å²) in [6.45, 7) is 10.8. The summed E-state index contributed by atoms with van der Waals surface area (Å²) in [7, 11) is 0. The molecule has 1 saturated heterocycles. The Hall–Kier alpha value is -0.380. The first-order valence-corrected chi connectivity index (χ1v) is 5.89. The third-order valence-electron chi connectivity index (χ3n) is 2.70. The van der Waals surface area contributed by atoms with Crippen LogP contribution in [0.25, 0.3) is 0 Å². The highest BCUT2D eigenvalue weighted by molar-refractivity contribution is 4.96. The molecule has 1 atom stereocenters. The van der Waals surface area contributed by atoms with E-state index in [0.29, 0.717) is 6.04 Å². The summed E-state index contributed by atoms with van der Waals surface area (Å²) < 4.78 is 10.9. The molecular formula is C12H23NO2. The van der Waals surface area contributed by atoms with E-state index in [-0.39, 0.29) is 6.29 Å². The predicted octanol–water partition coefficient (Wildman–Crippen LogP) is 2.08. The van der Waals surface area contributed by atoms with E-state index in [0.717, 1.165) is 39.0 Å². The highest BCUT2D eigenvalue weighted by Gasteiger charge is 2.20. The molecule has 0 bridgehead atoms. The third-order valence-corrected chi connectivity index (χ3v) is 2.70. The number of ether oxygens (including phenoxy) is 2. The van der Waals surface area contributed by atoms with Crippen LogP contribution >= 0.6 is 0 Å². The van der Waals surface area contributed by atoms with Crippen molar-refractivity contribution in [3.8, 4) is 0 Å². The lowest BCUT2D eigenvalue weighted by molar-refractivity contribution is -0.0525. The molecule has 0 spiro atoms. The molecule has 1 aliphatic rings. The zero-order valence-corrected chi connectivity index (χ0v) is 9.92. The van der Waals surface area contributed by atoms with E-state index in [4.69, 9.17) is 9.47 Å². The van der Waals surface area contributed by atoms with Gasteiger partial charge in [0.1, 0.15) is 0 Å². The molecular weight excluding hydrogens is 190 g/mol. The summed E-state index contributed by atoms with van der Waals surface area (Å²) in [6.07, 6.45) is 2.98. The standard InChI is InChI=1S/C12H23NO2/c1-4-10(3)8-11(13-5-2)9-12-14-6-7-15-12/h11-13H,3-9H2,1-2H3. The molecule has 88 valence electrons. The normalized spacial score (nSPS) is 19.3. The Morgan fingerprint density at radius 1 is 1.40 bits per heavy atom. The minimum absolute atomic E-state index is 0.0151. The second kappa shape index (κ2) is 6.99. The Morgan fingerprint density at radius 3 is 2.60 bits per heavy atom. The molecule has 3 heteroatoms. The minimum Gasteiger partial charge on any atom is -0.350 e. The molecule has 15 heavy (non-hydrogen) atoms. The molecule has 1 fully saturated rings. The Kier molecular flexibility index (Phi) is 5.91. The monoisotopic (exact) mass is 213 g/mol. The van der Waals surface area contributed by atoms with Crippen molar-refractivity contribution in [2.24, 2.45) is 0 Å². The first-order valence-electron chi connectivity index (χ1n) is 5.89. The van der Waals surface area contributed by atoms with E-state index in [9.17, 15) is 0 Å². The number of nitrogens with one attached hydrogen (secondary N) is 1. The van der Waals surface area contributed by atoms with E-state index in [2.05, 4.69) is 25.7 Å². The van der Waals surface area contributed by atoms with Gasteiger partial charge in [0.2, 0.25) is 0 Å². The number of rotatable bonds is 7. The van der Waals surface area contributed by atoms with Gasteiger partial charge in [-0.25, -0.2) is 0 Å². The molecule has 1 N–H and O–H groups in total. The summed E-state index contributed by atoms with van der Waals surface area (Å²) in [5.74, 6) is 0. The van der Waals surface area contributed by atoms with Gasteiger partial charge in [-0.15, -0.1) is 0 Å². The molecule has 0 aromatic carbocycles. The van der Waals surface area contributed by atoms with Crippen LogP contribution in [0.5, 0.6) is 0 Å². The van der Waals surface area contributed by atoms with Crippen LogP contribution in [0.4, 0.5) is 0 Å². The van der Waals surface area contributed by atoms with Crippen molar-refractivity contribution in [1.29, 1.82) is 0 Å². The molecule has 0 aromatic rings. The summed E-state index contributed by atoms with van der Waals surface area (Å²) >= 11 is 0. The van der Waals surface area contributed by atoms with Crippen molar-refractivity contribution in [3.63, 3.8) is 0 Å². The van der Waals surface area contributed by atoms with Crippen molar-refractivity contribution in [2.45, 2.75) is 45.4 Å². The molecule has 1 heterocycles. The van der Waals surface area contributed by atoms with Crippen molar-refractivity contribution in [3.05, 3.63) is 12.2 Å². The quantitative estimate of drug-likeness (QED) is 0.657. The van der Waals surface area contributed by atoms with Crippen molar-refractivity contribution in [1.82, 2.24) is 5.32 Å². The second-order valence-electron chi connectivity index (χ2n) is 3.97. The smallest absolute Gasteiger partial charge is 0.159 e. The topological polar surface area (TPSA) is 30.5 Å². The van der Waals surface area contributed by atoms with Crippen LogP contribution in [0.1, 0.15) is 33.1 Å². The van der Waals surface area contributed by atoms with Crippen LogP contribution in [0.3, 0.4) is 0 Å². The van der Waals surface area contributed by atoms with Gasteiger partial charge in [0.05, 0.1) is 13.2 Å². The summed E-state index contributed by atoms with van der Waals surface area (Å²) in [4.78, 5) is 0. The van der Waals surface area contributed by atoms with Crippen LogP contribution in [0, 0.1) is 0 Å². The van der Waals surface area contributed by atoms with Gasteiger partial charge in [0, 0.05) is 12.5 Å². The van der Waals surface area contributed by atoms with E-state index in [1.165, 1.54) is 5.57 Å². The fourth-order valence-corrected chi connectivity index (χ4v) is 1.80. The molecule has 0 amide bonds. The zero-order valence-electron chi connectivity index (χ0n) is 9.92. The predicted molar refractivity (Wildman–Crippen MR) is 61.8 cm³/mol. The average Bonchev–Trinajstić information content (AvgIpc) is 2.70. The van der Waals surface area contributed by atoms with Gasteiger partial charge in [-0.05, 0) is 19.4 Å². The molecule has 0 saturated carbocycles. The SMILES string of the molecule is C=C(CC)CC(CC1OCCO1)NCC. The Bertz CT molecular complexity index is 188. The van der Waals surface area contributed by atoms with Gasteiger partial charge in [-0.2, -0.15) is 0 Å². The molecule has 1 unspecified atom stereocenters. The maximum absolute atomic E-state index is 5.45. The molecule has 1 rings (SSSR count). The lowest BCUT2D eigenvalue weighted by atomic mass is 10.0. The Labute approximate surface area is 92.8 Å².